The molecule has 2 aromatic rings. The van der Waals surface area contributed by atoms with E-state index in [0.29, 0.717) is 43.9 Å². The molecule has 1 fully saturated rings. The predicted molar refractivity (Wildman–Crippen MR) is 106 cm³/mol. The van der Waals surface area contributed by atoms with Crippen molar-refractivity contribution in [2.24, 2.45) is 5.73 Å². The van der Waals surface area contributed by atoms with E-state index in [1.54, 1.807) is 6.07 Å². The number of nitrogens with one attached hydrogen (secondary N) is 1. The Morgan fingerprint density at radius 3 is 2.79 bits per heavy atom. The van der Waals surface area contributed by atoms with Gasteiger partial charge in [0.2, 0.25) is 5.91 Å². The summed E-state index contributed by atoms with van der Waals surface area (Å²) in [5.41, 5.74) is 4.19. The minimum absolute atomic E-state index is 0.228. The Morgan fingerprint density at radius 2 is 2.11 bits per heavy atom. The van der Waals surface area contributed by atoms with Crippen LogP contribution in [0.15, 0.2) is 28.1 Å². The van der Waals surface area contributed by atoms with Crippen molar-refractivity contribution in [2.75, 3.05) is 26.2 Å². The lowest BCUT2D eigenvalue weighted by Crippen LogP contribution is -2.52. The zero-order valence-corrected chi connectivity index (χ0v) is 16.5. The Bertz CT molecular complexity index is 782. The van der Waals surface area contributed by atoms with E-state index < -0.39 is 11.5 Å². The van der Waals surface area contributed by atoms with Gasteiger partial charge in [0.05, 0.1) is 4.88 Å². The van der Waals surface area contributed by atoms with Gasteiger partial charge in [0.15, 0.2) is 11.5 Å². The molecule has 8 nitrogen and oxygen atoms in total. The molecule has 0 aliphatic carbocycles. The van der Waals surface area contributed by atoms with Crippen LogP contribution in [0.5, 0.6) is 0 Å². The van der Waals surface area contributed by atoms with Crippen LogP contribution in [0.4, 0.5) is 0 Å². The van der Waals surface area contributed by atoms with Crippen molar-refractivity contribution in [3.8, 4) is 10.6 Å². The molecule has 28 heavy (non-hydrogen) atoms. The van der Waals surface area contributed by atoms with Crippen LogP contribution in [0.3, 0.4) is 0 Å². The number of unbranched alkanes of at least 4 members (excludes halogenated alkanes) is 2. The van der Waals surface area contributed by atoms with Crippen LogP contribution in [0, 0.1) is 0 Å². The molecule has 2 amide bonds. The summed E-state index contributed by atoms with van der Waals surface area (Å²) in [6.07, 6.45) is 3.64. The summed E-state index contributed by atoms with van der Waals surface area (Å²) in [6.45, 7) is 2.85. The number of primary amides is 1. The monoisotopic (exact) mass is 406 g/mol. The minimum Gasteiger partial charge on any atom is -0.380 e. The standard InChI is InChI=1S/C19H26N4O4S/c20-18(25)19(26)6-10-23(11-7-19)9-3-1-2-8-21-17(24)14-13-15(27-22-14)16-5-4-12-28-16/h4-5,12-13,26H,1-3,6-11H2,(H2,20,25)(H,21,24). The fourth-order valence-electron chi connectivity index (χ4n) is 3.24. The first-order chi connectivity index (χ1) is 13.5. The minimum atomic E-state index is -1.34. The number of piperidine rings is 1. The number of hydrogen-bond donors (Lipinski definition) is 3. The number of rotatable bonds is 9. The Balaban J connectivity index is 1.28. The molecule has 0 radical (unpaired) electrons. The summed E-state index contributed by atoms with van der Waals surface area (Å²) in [5.74, 6) is -0.254. The predicted octanol–water partition coefficient (Wildman–Crippen LogP) is 1.62. The summed E-state index contributed by atoms with van der Waals surface area (Å²) < 4.78 is 5.22. The molecule has 0 saturated carbocycles. The van der Waals surface area contributed by atoms with Gasteiger partial charge in [-0.1, -0.05) is 17.6 Å². The fraction of sp³-hybridized carbons (Fsp3) is 0.526. The van der Waals surface area contributed by atoms with Crippen molar-refractivity contribution < 1.29 is 19.2 Å². The topological polar surface area (TPSA) is 122 Å². The molecular weight excluding hydrogens is 380 g/mol. The number of carbonyl (C=O) groups excluding carboxylic acids is 2. The smallest absolute Gasteiger partial charge is 0.273 e. The lowest BCUT2D eigenvalue weighted by molar-refractivity contribution is -0.141. The quantitative estimate of drug-likeness (QED) is 0.544. The van der Waals surface area contributed by atoms with Crippen molar-refractivity contribution in [3.05, 3.63) is 29.3 Å². The third kappa shape index (κ3) is 5.18. The van der Waals surface area contributed by atoms with Gasteiger partial charge in [0.1, 0.15) is 5.60 Å². The number of aromatic nitrogens is 1. The van der Waals surface area contributed by atoms with Gasteiger partial charge in [-0.3, -0.25) is 9.59 Å². The number of nitrogens with two attached hydrogens (primary N) is 1. The number of hydrogen-bond acceptors (Lipinski definition) is 7. The van der Waals surface area contributed by atoms with E-state index in [1.807, 2.05) is 17.5 Å². The van der Waals surface area contributed by atoms with Crippen molar-refractivity contribution >= 4 is 23.2 Å². The Kier molecular flexibility index (Phi) is 6.82. The van der Waals surface area contributed by atoms with Gasteiger partial charge in [-0.2, -0.15) is 0 Å². The average Bonchev–Trinajstić information content (AvgIpc) is 3.37. The van der Waals surface area contributed by atoms with Crippen molar-refractivity contribution in [1.29, 1.82) is 0 Å². The Hall–Kier alpha value is -2.23. The lowest BCUT2D eigenvalue weighted by Gasteiger charge is -2.36. The van der Waals surface area contributed by atoms with Gasteiger partial charge in [-0.15, -0.1) is 11.3 Å². The number of aliphatic hydroxyl groups is 1. The number of amides is 2. The first-order valence-electron chi connectivity index (χ1n) is 9.51. The number of carbonyl (C=O) groups is 2. The highest BCUT2D eigenvalue weighted by molar-refractivity contribution is 7.13. The molecule has 0 aromatic carbocycles. The second-order valence-corrected chi connectivity index (χ2v) is 8.06. The molecule has 0 atom stereocenters. The van der Waals surface area contributed by atoms with Crippen LogP contribution in [-0.4, -0.2) is 58.8 Å². The highest BCUT2D eigenvalue weighted by Crippen LogP contribution is 2.25. The molecule has 9 heteroatoms. The molecular formula is C19H26N4O4S. The van der Waals surface area contributed by atoms with E-state index in [0.717, 1.165) is 30.7 Å². The fourth-order valence-corrected chi connectivity index (χ4v) is 3.91. The van der Waals surface area contributed by atoms with Gasteiger partial charge in [-0.05, 0) is 43.7 Å². The molecule has 152 valence electrons. The SMILES string of the molecule is NC(=O)C1(O)CCN(CCCCCNC(=O)c2cc(-c3cccs3)on2)CC1. The van der Waals surface area contributed by atoms with Gasteiger partial charge in [-0.25, -0.2) is 0 Å². The van der Waals surface area contributed by atoms with Gasteiger partial charge in [0.25, 0.3) is 5.91 Å². The molecule has 3 heterocycles. The third-order valence-electron chi connectivity index (χ3n) is 5.09. The highest BCUT2D eigenvalue weighted by Gasteiger charge is 2.37. The zero-order chi connectivity index (χ0) is 20.0. The first kappa shape index (κ1) is 20.5. The number of thiophene rings is 1. The summed E-state index contributed by atoms with van der Waals surface area (Å²) >= 11 is 1.53. The molecule has 3 rings (SSSR count). The van der Waals surface area contributed by atoms with E-state index in [4.69, 9.17) is 10.3 Å². The molecule has 2 aromatic heterocycles. The molecule has 1 aliphatic heterocycles. The van der Waals surface area contributed by atoms with Crippen LogP contribution < -0.4 is 11.1 Å². The van der Waals surface area contributed by atoms with E-state index in [1.165, 1.54) is 11.3 Å². The van der Waals surface area contributed by atoms with Crippen LogP contribution in [-0.2, 0) is 4.79 Å². The van der Waals surface area contributed by atoms with Crippen molar-refractivity contribution in [2.45, 2.75) is 37.7 Å². The maximum atomic E-state index is 12.1. The van der Waals surface area contributed by atoms with E-state index in [9.17, 15) is 14.7 Å². The largest absolute Gasteiger partial charge is 0.380 e. The van der Waals surface area contributed by atoms with Gasteiger partial charge in [0, 0.05) is 25.7 Å². The summed E-state index contributed by atoms with van der Waals surface area (Å²) in [7, 11) is 0. The summed E-state index contributed by atoms with van der Waals surface area (Å²) in [5, 5.41) is 18.7. The maximum absolute atomic E-state index is 12.1. The van der Waals surface area contributed by atoms with Crippen molar-refractivity contribution in [1.82, 2.24) is 15.4 Å². The van der Waals surface area contributed by atoms with Crippen molar-refractivity contribution in [3.63, 3.8) is 0 Å². The van der Waals surface area contributed by atoms with Crippen LogP contribution in [0.1, 0.15) is 42.6 Å². The molecule has 4 N–H and O–H groups in total. The second kappa shape index (κ2) is 9.31. The van der Waals surface area contributed by atoms with Crippen LogP contribution in [0.2, 0.25) is 0 Å². The summed E-state index contributed by atoms with van der Waals surface area (Å²) in [4.78, 5) is 26.5. The average molecular weight is 407 g/mol. The number of likely N-dealkylation sites (tertiary alicyclic amines) is 1. The maximum Gasteiger partial charge on any atom is 0.273 e. The Morgan fingerprint density at radius 1 is 1.32 bits per heavy atom. The molecule has 0 unspecified atom stereocenters. The van der Waals surface area contributed by atoms with E-state index in [-0.39, 0.29) is 5.91 Å². The molecule has 1 aliphatic rings. The lowest BCUT2D eigenvalue weighted by atomic mass is 9.91. The normalized spacial score (nSPS) is 16.8. The van der Waals surface area contributed by atoms with Gasteiger partial charge >= 0.3 is 0 Å². The molecule has 0 bridgehead atoms. The Labute approximate surface area is 167 Å². The van der Waals surface area contributed by atoms with Crippen LogP contribution in [0.25, 0.3) is 10.6 Å². The summed E-state index contributed by atoms with van der Waals surface area (Å²) in [6, 6.07) is 5.50. The zero-order valence-electron chi connectivity index (χ0n) is 15.7. The van der Waals surface area contributed by atoms with E-state index in [2.05, 4.69) is 15.4 Å². The molecule has 1 saturated heterocycles. The first-order valence-corrected chi connectivity index (χ1v) is 10.4. The highest BCUT2D eigenvalue weighted by atomic mass is 32.1. The second-order valence-electron chi connectivity index (χ2n) is 7.11. The van der Waals surface area contributed by atoms with Crippen LogP contribution >= 0.6 is 11.3 Å². The third-order valence-corrected chi connectivity index (χ3v) is 5.97. The van der Waals surface area contributed by atoms with E-state index >= 15 is 0 Å². The number of nitrogens with zero attached hydrogens (tertiary/aromatic N) is 2. The molecule has 0 spiro atoms. The van der Waals surface area contributed by atoms with Gasteiger partial charge < -0.3 is 25.6 Å².